The predicted molar refractivity (Wildman–Crippen MR) is 145 cm³/mol. The molecule has 1 saturated heterocycles. The second-order valence-electron chi connectivity index (χ2n) is 9.45. The highest BCUT2D eigenvalue weighted by atomic mass is 16.6. The van der Waals surface area contributed by atoms with Gasteiger partial charge >= 0.3 is 6.09 Å². The van der Waals surface area contributed by atoms with Crippen molar-refractivity contribution in [2.45, 2.75) is 67.7 Å². The van der Waals surface area contributed by atoms with Crippen LogP contribution in [0.2, 0.25) is 0 Å². The topological polar surface area (TPSA) is 50.8 Å². The Morgan fingerprint density at radius 2 is 1.85 bits per heavy atom. The van der Waals surface area contributed by atoms with Crippen LogP contribution in [0.4, 0.5) is 10.5 Å². The van der Waals surface area contributed by atoms with Gasteiger partial charge < -0.3 is 14.8 Å². The third-order valence-electron chi connectivity index (χ3n) is 5.99. The first kappa shape index (κ1) is 29.9. The Morgan fingerprint density at radius 1 is 1.15 bits per heavy atom. The summed E-state index contributed by atoms with van der Waals surface area (Å²) >= 11 is 0. The number of nitrogens with one attached hydrogen (secondary N) is 1. The maximum atomic E-state index is 11.6. The van der Waals surface area contributed by atoms with Crippen molar-refractivity contribution in [2.75, 3.05) is 44.4 Å². The first-order valence-corrected chi connectivity index (χ1v) is 13.0. The number of allylic oxidation sites excluding steroid dienone is 1. The molecule has 1 amide bonds. The highest BCUT2D eigenvalue weighted by Crippen LogP contribution is 2.27. The van der Waals surface area contributed by atoms with E-state index < -0.39 is 0 Å². The number of ether oxygens (including phenoxy) is 2. The molecular weight excluding hydrogens is 424 g/mol. The van der Waals surface area contributed by atoms with Crippen molar-refractivity contribution in [3.63, 3.8) is 0 Å². The van der Waals surface area contributed by atoms with Gasteiger partial charge in [-0.3, -0.25) is 4.90 Å². The van der Waals surface area contributed by atoms with E-state index in [-0.39, 0.29) is 6.09 Å². The normalized spacial score (nSPS) is 22.6. The van der Waals surface area contributed by atoms with Gasteiger partial charge in [-0.05, 0) is 55.9 Å². The van der Waals surface area contributed by atoms with E-state index in [2.05, 4.69) is 51.2 Å². The van der Waals surface area contributed by atoms with Gasteiger partial charge in [-0.2, -0.15) is 0 Å². The molecule has 5 nitrogen and oxygen atoms in total. The highest BCUT2D eigenvalue weighted by Gasteiger charge is 2.27. The molecule has 3 rings (SSSR count). The molecule has 2 aliphatic rings. The molecule has 1 fully saturated rings. The van der Waals surface area contributed by atoms with E-state index >= 15 is 0 Å². The van der Waals surface area contributed by atoms with Gasteiger partial charge in [-0.25, -0.2) is 4.79 Å². The molecule has 5 heteroatoms. The van der Waals surface area contributed by atoms with Crippen molar-refractivity contribution in [3.8, 4) is 0 Å². The Kier molecular flexibility index (Phi) is 14.5. The lowest BCUT2D eigenvalue weighted by Gasteiger charge is -2.31. The average molecular weight is 473 g/mol. The zero-order valence-corrected chi connectivity index (χ0v) is 22.7. The Morgan fingerprint density at radius 3 is 2.50 bits per heavy atom. The molecule has 1 N–H and O–H groups in total. The smallest absolute Gasteiger partial charge is 0.414 e. The van der Waals surface area contributed by atoms with Gasteiger partial charge in [0.05, 0.1) is 13.2 Å². The van der Waals surface area contributed by atoms with E-state index in [0.717, 1.165) is 57.8 Å². The number of cyclic esters (lactones) is 1. The summed E-state index contributed by atoms with van der Waals surface area (Å²) in [5.41, 5.74) is 3.85. The molecule has 0 spiro atoms. The Hall–Kier alpha value is -2.11. The van der Waals surface area contributed by atoms with Crippen molar-refractivity contribution in [3.05, 3.63) is 53.6 Å². The van der Waals surface area contributed by atoms with Gasteiger partial charge in [0.1, 0.15) is 0 Å². The lowest BCUT2D eigenvalue weighted by atomic mass is 9.85. The van der Waals surface area contributed by atoms with E-state index in [1.54, 1.807) is 4.90 Å². The van der Waals surface area contributed by atoms with Gasteiger partial charge in [0.15, 0.2) is 0 Å². The maximum absolute atomic E-state index is 11.6. The average Bonchev–Trinajstić information content (AvgIpc) is 2.85. The van der Waals surface area contributed by atoms with Crippen LogP contribution in [0.5, 0.6) is 0 Å². The van der Waals surface area contributed by atoms with Crippen LogP contribution >= 0.6 is 0 Å². The van der Waals surface area contributed by atoms with Gasteiger partial charge in [-0.1, -0.05) is 77.5 Å². The minimum atomic E-state index is -0.228. The minimum Gasteiger partial charge on any atom is -0.449 e. The summed E-state index contributed by atoms with van der Waals surface area (Å²) < 4.78 is 10.7. The van der Waals surface area contributed by atoms with Crippen LogP contribution in [0, 0.1) is 18.3 Å². The molecular formula is C29H48N2O3. The summed E-state index contributed by atoms with van der Waals surface area (Å²) in [4.78, 5) is 13.4. The molecule has 2 aliphatic heterocycles. The molecule has 2 heterocycles. The standard InChI is InChI=1S/C14H25NO.C13H17NO2.C2H6/c1-4-15-12-13-6-5-10-16-11-9-14(2,3)8-7-13;1-3-11-8-14(13(15)16-9-11)12-6-4-10(2)5-7-12;1-2/h5-7,15H,4,8-12H2,1-3H3;4-7,11H,3,8-9H2,1-2H3;1-2H3/b6-5-,13-7+;;. The molecule has 34 heavy (non-hydrogen) atoms. The van der Waals surface area contributed by atoms with Crippen molar-refractivity contribution < 1.29 is 14.3 Å². The largest absolute Gasteiger partial charge is 0.449 e. The number of likely N-dealkylation sites (N-methyl/N-ethyl adjacent to an activating group) is 1. The molecule has 1 atom stereocenters. The van der Waals surface area contributed by atoms with E-state index in [1.165, 1.54) is 11.1 Å². The monoisotopic (exact) mass is 472 g/mol. The summed E-state index contributed by atoms with van der Waals surface area (Å²) in [6.07, 6.45) is 9.73. The predicted octanol–water partition coefficient (Wildman–Crippen LogP) is 6.92. The van der Waals surface area contributed by atoms with E-state index in [9.17, 15) is 4.79 Å². The molecule has 192 valence electrons. The fourth-order valence-corrected chi connectivity index (χ4v) is 3.51. The summed E-state index contributed by atoms with van der Waals surface area (Å²) in [5, 5.41) is 3.37. The number of amides is 1. The minimum absolute atomic E-state index is 0.228. The molecule has 1 aromatic carbocycles. The molecule has 0 saturated carbocycles. The summed E-state index contributed by atoms with van der Waals surface area (Å²) in [6, 6.07) is 7.96. The summed E-state index contributed by atoms with van der Waals surface area (Å²) in [6.45, 7) is 19.8. The van der Waals surface area contributed by atoms with E-state index in [4.69, 9.17) is 9.47 Å². The number of carbonyl (C=O) groups is 1. The number of hydrogen-bond acceptors (Lipinski definition) is 4. The van der Waals surface area contributed by atoms with Crippen molar-refractivity contribution in [1.29, 1.82) is 0 Å². The van der Waals surface area contributed by atoms with E-state index in [0.29, 0.717) is 17.9 Å². The number of carbonyl (C=O) groups excluding carboxylic acids is 1. The van der Waals surface area contributed by atoms with Crippen LogP contribution < -0.4 is 10.2 Å². The molecule has 0 aromatic heterocycles. The second-order valence-corrected chi connectivity index (χ2v) is 9.45. The third kappa shape index (κ3) is 11.3. The van der Waals surface area contributed by atoms with Crippen molar-refractivity contribution >= 4 is 11.8 Å². The third-order valence-corrected chi connectivity index (χ3v) is 5.99. The van der Waals surface area contributed by atoms with Crippen LogP contribution in [-0.2, 0) is 9.47 Å². The lowest BCUT2D eigenvalue weighted by Crippen LogP contribution is -2.42. The van der Waals surface area contributed by atoms with Crippen LogP contribution in [0.15, 0.2) is 48.1 Å². The zero-order chi connectivity index (χ0) is 25.4. The summed E-state index contributed by atoms with van der Waals surface area (Å²) in [5.74, 6) is 0.444. The number of hydrogen-bond donors (Lipinski definition) is 1. The fourth-order valence-electron chi connectivity index (χ4n) is 3.51. The van der Waals surface area contributed by atoms with Crippen LogP contribution in [0.1, 0.15) is 66.4 Å². The Balaban J connectivity index is 0.000000317. The van der Waals surface area contributed by atoms with Gasteiger partial charge in [0, 0.05) is 31.3 Å². The second kappa shape index (κ2) is 16.5. The van der Waals surface area contributed by atoms with Crippen LogP contribution in [-0.4, -0.2) is 45.5 Å². The quantitative estimate of drug-likeness (QED) is 0.505. The lowest BCUT2D eigenvalue weighted by molar-refractivity contribution is 0.114. The molecule has 0 bridgehead atoms. The molecule has 0 aliphatic carbocycles. The van der Waals surface area contributed by atoms with Gasteiger partial charge in [0.2, 0.25) is 0 Å². The first-order valence-electron chi connectivity index (χ1n) is 13.0. The maximum Gasteiger partial charge on any atom is 0.414 e. The number of aryl methyl sites for hydroxylation is 1. The molecule has 0 radical (unpaired) electrons. The van der Waals surface area contributed by atoms with Crippen molar-refractivity contribution in [2.24, 2.45) is 11.3 Å². The van der Waals surface area contributed by atoms with Gasteiger partial charge in [0.25, 0.3) is 0 Å². The highest BCUT2D eigenvalue weighted by molar-refractivity contribution is 5.88. The number of anilines is 1. The molecule has 1 unspecified atom stereocenters. The number of benzene rings is 1. The SMILES string of the molecule is CC.CCC1COC(=O)N(c2ccc(C)cc2)C1.CCNCC1=C/CC(C)(C)CCOC/C=C\1. The number of rotatable bonds is 5. The Labute approximate surface area is 208 Å². The first-order chi connectivity index (χ1) is 16.3. The van der Waals surface area contributed by atoms with E-state index in [1.807, 2.05) is 45.0 Å². The molecule has 1 aromatic rings. The fraction of sp³-hybridized carbons (Fsp3) is 0.621. The number of nitrogens with zero attached hydrogens (tertiary/aromatic N) is 1. The van der Waals surface area contributed by atoms with Crippen LogP contribution in [0.3, 0.4) is 0 Å². The van der Waals surface area contributed by atoms with Gasteiger partial charge in [-0.15, -0.1) is 0 Å². The zero-order valence-electron chi connectivity index (χ0n) is 22.7. The van der Waals surface area contributed by atoms with Crippen molar-refractivity contribution in [1.82, 2.24) is 5.32 Å². The summed E-state index contributed by atoms with van der Waals surface area (Å²) in [7, 11) is 0. The Bertz CT molecular complexity index is 753. The van der Waals surface area contributed by atoms with Crippen LogP contribution in [0.25, 0.3) is 0 Å².